The Balaban J connectivity index is 1.44. The van der Waals surface area contributed by atoms with Crippen molar-refractivity contribution in [3.8, 4) is 0 Å². The third-order valence-electron chi connectivity index (χ3n) is 6.89. The molecule has 3 heterocycles. The highest BCUT2D eigenvalue weighted by atomic mass is 16.2. The molecular formula is C29H31N5O2. The smallest absolute Gasteiger partial charge is 0.295 e. The number of pyridine rings is 1. The molecule has 0 radical (unpaired) electrons. The van der Waals surface area contributed by atoms with Crippen LogP contribution in [0.4, 0.5) is 11.5 Å². The molecule has 1 saturated heterocycles. The van der Waals surface area contributed by atoms with Gasteiger partial charge in [-0.2, -0.15) is 0 Å². The Morgan fingerprint density at radius 1 is 1.08 bits per heavy atom. The zero-order valence-electron chi connectivity index (χ0n) is 20.8. The minimum absolute atomic E-state index is 0.0111. The number of aryl methyl sites for hydroxylation is 2. The molecule has 2 aromatic carbocycles. The summed E-state index contributed by atoms with van der Waals surface area (Å²) >= 11 is 0. The van der Waals surface area contributed by atoms with Crippen molar-refractivity contribution in [1.29, 1.82) is 0 Å². The maximum Gasteiger partial charge on any atom is 0.295 e. The molecule has 1 fully saturated rings. The quantitative estimate of drug-likeness (QED) is 0.437. The first kappa shape index (κ1) is 23.7. The van der Waals surface area contributed by atoms with Crippen LogP contribution < -0.4 is 15.8 Å². The SMILES string of the molecule is CCc1ccccc1NC(=O)[C@@H]1CCCN(c2nc3cccnc3n(Cc3ccc(C)cc3)c2=O)C1. The van der Waals surface area contributed by atoms with Crippen molar-refractivity contribution in [1.82, 2.24) is 14.5 Å². The predicted molar refractivity (Wildman–Crippen MR) is 143 cm³/mol. The Hall–Kier alpha value is -4.00. The van der Waals surface area contributed by atoms with Crippen LogP contribution in [-0.4, -0.2) is 33.5 Å². The zero-order valence-corrected chi connectivity index (χ0v) is 20.8. The molecular weight excluding hydrogens is 450 g/mol. The maximum atomic E-state index is 13.7. The molecule has 1 atom stereocenters. The summed E-state index contributed by atoms with van der Waals surface area (Å²) in [7, 11) is 0. The van der Waals surface area contributed by atoms with Crippen LogP contribution in [0.25, 0.3) is 11.2 Å². The number of rotatable bonds is 6. The van der Waals surface area contributed by atoms with Crippen molar-refractivity contribution < 1.29 is 4.79 Å². The summed E-state index contributed by atoms with van der Waals surface area (Å²) in [5, 5.41) is 3.12. The van der Waals surface area contributed by atoms with Crippen LogP contribution in [0.3, 0.4) is 0 Å². The van der Waals surface area contributed by atoms with Gasteiger partial charge in [0.25, 0.3) is 5.56 Å². The first-order chi connectivity index (χ1) is 17.5. The number of anilines is 2. The Morgan fingerprint density at radius 3 is 2.69 bits per heavy atom. The molecule has 184 valence electrons. The first-order valence-corrected chi connectivity index (χ1v) is 12.6. The molecule has 2 aromatic heterocycles. The number of nitrogens with zero attached hydrogens (tertiary/aromatic N) is 4. The van der Waals surface area contributed by atoms with E-state index in [0.717, 1.165) is 36.1 Å². The predicted octanol–water partition coefficient (Wildman–Crippen LogP) is 4.57. The minimum atomic E-state index is -0.222. The third kappa shape index (κ3) is 4.87. The second-order valence-electron chi connectivity index (χ2n) is 9.44. The molecule has 0 spiro atoms. The lowest BCUT2D eigenvalue weighted by Crippen LogP contribution is -2.44. The molecule has 1 aliphatic rings. The highest BCUT2D eigenvalue weighted by Gasteiger charge is 2.29. The lowest BCUT2D eigenvalue weighted by molar-refractivity contribution is -0.120. The van der Waals surface area contributed by atoms with Gasteiger partial charge >= 0.3 is 0 Å². The summed E-state index contributed by atoms with van der Waals surface area (Å²) in [6.07, 6.45) is 4.13. The number of carbonyl (C=O) groups excluding carboxylic acids is 1. The van der Waals surface area contributed by atoms with Crippen LogP contribution in [0.1, 0.15) is 36.5 Å². The molecule has 7 heteroatoms. The van der Waals surface area contributed by atoms with Gasteiger partial charge in [-0.1, -0.05) is 55.0 Å². The number of hydrogen-bond donors (Lipinski definition) is 1. The van der Waals surface area contributed by atoms with E-state index in [4.69, 9.17) is 4.98 Å². The van der Waals surface area contributed by atoms with Crippen LogP contribution in [-0.2, 0) is 17.8 Å². The number of fused-ring (bicyclic) bond motifs is 1. The Labute approximate surface area is 210 Å². The van der Waals surface area contributed by atoms with Gasteiger partial charge in [0, 0.05) is 25.0 Å². The molecule has 7 nitrogen and oxygen atoms in total. The molecule has 0 aliphatic carbocycles. The van der Waals surface area contributed by atoms with Crippen molar-refractivity contribution >= 4 is 28.6 Å². The van der Waals surface area contributed by atoms with Crippen LogP contribution >= 0.6 is 0 Å². The fraction of sp³-hybridized carbons (Fsp3) is 0.310. The molecule has 0 saturated carbocycles. The maximum absolute atomic E-state index is 13.7. The molecule has 0 bridgehead atoms. The second-order valence-corrected chi connectivity index (χ2v) is 9.44. The number of para-hydroxylation sites is 1. The zero-order chi connectivity index (χ0) is 25.1. The van der Waals surface area contributed by atoms with Crippen molar-refractivity contribution in [2.45, 2.75) is 39.7 Å². The largest absolute Gasteiger partial charge is 0.351 e. The van der Waals surface area contributed by atoms with Crippen molar-refractivity contribution in [2.75, 3.05) is 23.3 Å². The Bertz CT molecular complexity index is 1440. The number of amides is 1. The van der Waals surface area contributed by atoms with Gasteiger partial charge in [0.2, 0.25) is 5.91 Å². The Morgan fingerprint density at radius 2 is 1.89 bits per heavy atom. The van der Waals surface area contributed by atoms with Crippen molar-refractivity contribution in [3.63, 3.8) is 0 Å². The fourth-order valence-electron chi connectivity index (χ4n) is 4.86. The number of hydrogen-bond acceptors (Lipinski definition) is 5. The molecule has 0 unspecified atom stereocenters. The lowest BCUT2D eigenvalue weighted by Gasteiger charge is -2.33. The van der Waals surface area contributed by atoms with Gasteiger partial charge in [-0.05, 0) is 55.5 Å². The summed E-state index contributed by atoms with van der Waals surface area (Å²) in [5.41, 5.74) is 5.22. The average Bonchev–Trinajstić information content (AvgIpc) is 2.91. The number of carbonyl (C=O) groups is 1. The van der Waals surface area contributed by atoms with E-state index in [1.54, 1.807) is 10.8 Å². The van der Waals surface area contributed by atoms with E-state index in [1.165, 1.54) is 5.56 Å². The number of aromatic nitrogens is 3. The summed E-state index contributed by atoms with van der Waals surface area (Å²) in [5.74, 6) is 0.150. The van der Waals surface area contributed by atoms with E-state index in [9.17, 15) is 9.59 Å². The number of benzene rings is 2. The normalized spacial score (nSPS) is 15.7. The van der Waals surface area contributed by atoms with E-state index in [0.29, 0.717) is 36.6 Å². The van der Waals surface area contributed by atoms with E-state index in [-0.39, 0.29) is 17.4 Å². The number of nitrogens with one attached hydrogen (secondary N) is 1. The third-order valence-corrected chi connectivity index (χ3v) is 6.89. The standard InChI is InChI=1S/C29H31N5O2/c1-3-22-8-4-5-10-24(22)32-28(35)23-9-7-17-33(19-23)27-29(36)34(18-21-14-12-20(2)13-15-21)26-25(31-27)11-6-16-30-26/h4-6,8,10-16,23H,3,7,9,17-19H2,1-2H3,(H,32,35)/t23-/m1/s1. The minimum Gasteiger partial charge on any atom is -0.351 e. The van der Waals surface area contributed by atoms with Gasteiger partial charge in [-0.15, -0.1) is 0 Å². The second kappa shape index (κ2) is 10.3. The summed E-state index contributed by atoms with van der Waals surface area (Å²) in [6, 6.07) is 19.8. The lowest BCUT2D eigenvalue weighted by atomic mass is 9.96. The Kier molecular flexibility index (Phi) is 6.80. The van der Waals surface area contributed by atoms with Crippen molar-refractivity contribution in [3.05, 3.63) is 93.9 Å². The van der Waals surface area contributed by atoms with Gasteiger partial charge in [0.15, 0.2) is 11.5 Å². The van der Waals surface area contributed by atoms with Crippen molar-refractivity contribution in [2.24, 2.45) is 5.92 Å². The molecule has 5 rings (SSSR count). The molecule has 4 aromatic rings. The van der Waals surface area contributed by atoms with E-state index in [2.05, 4.69) is 17.2 Å². The number of piperidine rings is 1. The van der Waals surface area contributed by atoms with Gasteiger partial charge < -0.3 is 10.2 Å². The van der Waals surface area contributed by atoms with Crippen LogP contribution in [0.2, 0.25) is 0 Å². The van der Waals surface area contributed by atoms with Gasteiger partial charge in [-0.3, -0.25) is 14.2 Å². The molecule has 36 heavy (non-hydrogen) atoms. The molecule has 1 amide bonds. The molecule has 1 N–H and O–H groups in total. The topological polar surface area (TPSA) is 80.1 Å². The van der Waals surface area contributed by atoms with E-state index in [1.807, 2.05) is 72.5 Å². The van der Waals surface area contributed by atoms with Crippen LogP contribution in [0.5, 0.6) is 0 Å². The summed E-state index contributed by atoms with van der Waals surface area (Å²) in [6.45, 7) is 5.68. The first-order valence-electron chi connectivity index (χ1n) is 12.6. The fourth-order valence-corrected chi connectivity index (χ4v) is 4.86. The highest BCUT2D eigenvalue weighted by Crippen LogP contribution is 2.24. The van der Waals surface area contributed by atoms with E-state index < -0.39 is 0 Å². The van der Waals surface area contributed by atoms with Gasteiger partial charge in [0.1, 0.15) is 5.52 Å². The van der Waals surface area contributed by atoms with Crippen LogP contribution in [0.15, 0.2) is 71.7 Å². The van der Waals surface area contributed by atoms with E-state index >= 15 is 0 Å². The monoisotopic (exact) mass is 481 g/mol. The van der Waals surface area contributed by atoms with Gasteiger partial charge in [-0.25, -0.2) is 9.97 Å². The summed E-state index contributed by atoms with van der Waals surface area (Å²) in [4.78, 5) is 38.1. The average molecular weight is 482 g/mol. The summed E-state index contributed by atoms with van der Waals surface area (Å²) < 4.78 is 1.70. The highest BCUT2D eigenvalue weighted by molar-refractivity contribution is 5.93. The molecule has 1 aliphatic heterocycles. The van der Waals surface area contributed by atoms with Gasteiger partial charge in [0.05, 0.1) is 12.5 Å². The van der Waals surface area contributed by atoms with Crippen LogP contribution in [0, 0.1) is 12.8 Å².